The van der Waals surface area contributed by atoms with Gasteiger partial charge in [-0.15, -0.1) is 0 Å². The Labute approximate surface area is 185 Å². The predicted octanol–water partition coefficient (Wildman–Crippen LogP) is 2.78. The van der Waals surface area contributed by atoms with E-state index < -0.39 is 16.0 Å². The summed E-state index contributed by atoms with van der Waals surface area (Å²) in [5.74, 6) is -0.596. The number of carbonyl (C=O) groups is 2. The maximum Gasteiger partial charge on any atom is 0.338 e. The minimum absolute atomic E-state index is 0.107. The second-order valence-electron chi connectivity index (χ2n) is 7.52. The van der Waals surface area contributed by atoms with E-state index in [1.54, 1.807) is 6.92 Å². The first-order chi connectivity index (χ1) is 15.4. The number of aromatic nitrogens is 2. The van der Waals surface area contributed by atoms with Crippen molar-refractivity contribution in [2.24, 2.45) is 5.92 Å². The molecule has 10 heteroatoms. The maximum absolute atomic E-state index is 13.0. The summed E-state index contributed by atoms with van der Waals surface area (Å²) >= 11 is 0. The van der Waals surface area contributed by atoms with Gasteiger partial charge in [0.2, 0.25) is 21.9 Å². The Bertz CT molecular complexity index is 1200. The Morgan fingerprint density at radius 3 is 2.47 bits per heavy atom. The lowest BCUT2D eigenvalue weighted by Gasteiger charge is -2.30. The van der Waals surface area contributed by atoms with Crippen molar-refractivity contribution in [3.63, 3.8) is 0 Å². The van der Waals surface area contributed by atoms with E-state index in [2.05, 4.69) is 15.3 Å². The lowest BCUT2D eigenvalue weighted by molar-refractivity contribution is -0.121. The number of nitrogens with zero attached hydrogens (tertiary/aromatic N) is 2. The molecule has 4 rings (SSSR count). The smallest absolute Gasteiger partial charge is 0.338 e. The summed E-state index contributed by atoms with van der Waals surface area (Å²) in [6.07, 6.45) is 0.818. The van der Waals surface area contributed by atoms with Crippen LogP contribution in [0.15, 0.2) is 53.4 Å². The lowest BCUT2D eigenvalue weighted by Crippen LogP contribution is -2.41. The molecule has 2 heterocycles. The van der Waals surface area contributed by atoms with Crippen LogP contribution in [0.2, 0.25) is 0 Å². The summed E-state index contributed by atoms with van der Waals surface area (Å²) in [5, 5.41) is 2.80. The number of anilines is 1. The maximum atomic E-state index is 13.0. The van der Waals surface area contributed by atoms with Crippen LogP contribution in [0.4, 0.5) is 5.95 Å². The quantitative estimate of drug-likeness (QED) is 0.550. The predicted molar refractivity (Wildman–Crippen MR) is 119 cm³/mol. The molecule has 1 amide bonds. The van der Waals surface area contributed by atoms with Crippen molar-refractivity contribution in [3.05, 3.63) is 54.1 Å². The number of fused-ring (bicyclic) bond motifs is 1. The number of hydrogen-bond donors (Lipinski definition) is 2. The summed E-state index contributed by atoms with van der Waals surface area (Å²) in [7, 11) is -3.71. The largest absolute Gasteiger partial charge is 0.462 e. The fourth-order valence-corrected chi connectivity index (χ4v) is 5.19. The van der Waals surface area contributed by atoms with E-state index in [9.17, 15) is 18.0 Å². The molecule has 1 fully saturated rings. The van der Waals surface area contributed by atoms with Crippen LogP contribution in [0.25, 0.3) is 11.0 Å². The summed E-state index contributed by atoms with van der Waals surface area (Å²) in [4.78, 5) is 31.9. The Kier molecular flexibility index (Phi) is 6.24. The normalized spacial score (nSPS) is 15.5. The van der Waals surface area contributed by atoms with Gasteiger partial charge in [0, 0.05) is 19.0 Å². The van der Waals surface area contributed by atoms with Crippen LogP contribution in [0.1, 0.15) is 30.1 Å². The minimum atomic E-state index is -3.71. The number of aromatic amines is 1. The molecule has 0 aliphatic carbocycles. The number of imidazole rings is 1. The fourth-order valence-electron chi connectivity index (χ4n) is 3.72. The van der Waals surface area contributed by atoms with Crippen LogP contribution in [-0.2, 0) is 19.6 Å². The van der Waals surface area contributed by atoms with Crippen molar-refractivity contribution < 1.29 is 22.7 Å². The van der Waals surface area contributed by atoms with Gasteiger partial charge in [-0.2, -0.15) is 4.31 Å². The monoisotopic (exact) mass is 456 g/mol. The van der Waals surface area contributed by atoms with E-state index in [1.165, 1.54) is 28.6 Å². The Hall–Kier alpha value is -3.24. The van der Waals surface area contributed by atoms with Crippen LogP contribution >= 0.6 is 0 Å². The number of hydrogen-bond acceptors (Lipinski definition) is 6. The number of piperidine rings is 1. The van der Waals surface area contributed by atoms with Crippen molar-refractivity contribution in [1.82, 2.24) is 14.3 Å². The molecule has 1 aliphatic heterocycles. The van der Waals surface area contributed by atoms with Crippen molar-refractivity contribution >= 4 is 38.9 Å². The van der Waals surface area contributed by atoms with Gasteiger partial charge in [-0.1, -0.05) is 12.1 Å². The number of rotatable bonds is 6. The van der Waals surface area contributed by atoms with Gasteiger partial charge >= 0.3 is 5.97 Å². The summed E-state index contributed by atoms with van der Waals surface area (Å²) < 4.78 is 32.2. The number of para-hydroxylation sites is 2. The Morgan fingerprint density at radius 1 is 1.12 bits per heavy atom. The van der Waals surface area contributed by atoms with Gasteiger partial charge in [0.1, 0.15) is 0 Å². The molecule has 0 saturated carbocycles. The molecular formula is C22H24N4O5S. The average molecular weight is 457 g/mol. The standard InChI is InChI=1S/C22H24N4O5S/c1-2-31-21(28)16-7-9-17(10-8-16)32(29,30)26-13-11-15(12-14-26)20(27)25-22-23-18-5-3-4-6-19(18)24-22/h3-10,15H,2,11-14H2,1H3,(H2,23,24,25,27). The Morgan fingerprint density at radius 2 is 1.81 bits per heavy atom. The molecule has 0 unspecified atom stereocenters. The molecule has 1 saturated heterocycles. The highest BCUT2D eigenvalue weighted by Crippen LogP contribution is 2.25. The van der Waals surface area contributed by atoms with Crippen molar-refractivity contribution in [2.45, 2.75) is 24.7 Å². The highest BCUT2D eigenvalue weighted by Gasteiger charge is 2.32. The molecule has 9 nitrogen and oxygen atoms in total. The third-order valence-corrected chi connectivity index (χ3v) is 7.37. The number of esters is 1. The Balaban J connectivity index is 1.36. The van der Waals surface area contributed by atoms with Crippen LogP contribution in [0.5, 0.6) is 0 Å². The molecule has 168 valence electrons. The topological polar surface area (TPSA) is 121 Å². The second-order valence-corrected chi connectivity index (χ2v) is 9.45. The second kappa shape index (κ2) is 9.09. The molecule has 1 aromatic heterocycles. The van der Waals surface area contributed by atoms with Crippen LogP contribution in [0, 0.1) is 5.92 Å². The number of nitrogens with one attached hydrogen (secondary N) is 2. The summed E-state index contributed by atoms with van der Waals surface area (Å²) in [6.45, 7) is 2.43. The number of ether oxygens (including phenoxy) is 1. The number of amides is 1. The molecule has 0 radical (unpaired) electrons. The molecule has 3 aromatic rings. The first-order valence-electron chi connectivity index (χ1n) is 10.4. The summed E-state index contributed by atoms with van der Waals surface area (Å²) in [5.41, 5.74) is 1.89. The van der Waals surface area contributed by atoms with Gasteiger partial charge in [0.15, 0.2) is 0 Å². The van der Waals surface area contributed by atoms with Gasteiger partial charge < -0.3 is 9.72 Å². The molecule has 1 aliphatic rings. The number of benzene rings is 2. The number of H-pyrrole nitrogens is 1. The van der Waals surface area contributed by atoms with E-state index in [4.69, 9.17) is 4.74 Å². The van der Waals surface area contributed by atoms with Crippen molar-refractivity contribution in [3.8, 4) is 0 Å². The molecule has 32 heavy (non-hydrogen) atoms. The molecule has 2 N–H and O–H groups in total. The number of sulfonamides is 1. The fraction of sp³-hybridized carbons (Fsp3) is 0.318. The molecule has 0 spiro atoms. The van der Waals surface area contributed by atoms with Gasteiger partial charge in [0.05, 0.1) is 28.1 Å². The molecule has 2 aromatic carbocycles. The SMILES string of the molecule is CCOC(=O)c1ccc(S(=O)(=O)N2CCC(C(=O)Nc3nc4ccccc4[nH]3)CC2)cc1. The highest BCUT2D eigenvalue weighted by molar-refractivity contribution is 7.89. The first-order valence-corrected chi connectivity index (χ1v) is 11.9. The average Bonchev–Trinajstić information content (AvgIpc) is 3.21. The zero-order chi connectivity index (χ0) is 22.7. The van der Waals surface area contributed by atoms with Gasteiger partial charge in [-0.05, 0) is 56.2 Å². The summed E-state index contributed by atoms with van der Waals surface area (Å²) in [6, 6.07) is 13.2. The number of carbonyl (C=O) groups excluding carboxylic acids is 2. The molecule has 0 atom stereocenters. The molecule has 0 bridgehead atoms. The zero-order valence-corrected chi connectivity index (χ0v) is 18.4. The zero-order valence-electron chi connectivity index (χ0n) is 17.6. The van der Waals surface area contributed by atoms with E-state index in [1.807, 2.05) is 24.3 Å². The van der Waals surface area contributed by atoms with Crippen LogP contribution < -0.4 is 5.32 Å². The van der Waals surface area contributed by atoms with E-state index in [-0.39, 0.29) is 36.4 Å². The molecular weight excluding hydrogens is 432 g/mol. The third kappa shape index (κ3) is 4.51. The van der Waals surface area contributed by atoms with E-state index in [0.717, 1.165) is 11.0 Å². The van der Waals surface area contributed by atoms with Gasteiger partial charge in [-0.3, -0.25) is 10.1 Å². The van der Waals surface area contributed by atoms with Crippen molar-refractivity contribution in [2.75, 3.05) is 25.0 Å². The highest BCUT2D eigenvalue weighted by atomic mass is 32.2. The van der Waals surface area contributed by atoms with E-state index >= 15 is 0 Å². The van der Waals surface area contributed by atoms with E-state index in [0.29, 0.717) is 24.4 Å². The van der Waals surface area contributed by atoms with Crippen molar-refractivity contribution in [1.29, 1.82) is 0 Å². The van der Waals surface area contributed by atoms with Gasteiger partial charge in [0.25, 0.3) is 0 Å². The van der Waals surface area contributed by atoms with Gasteiger partial charge in [-0.25, -0.2) is 18.2 Å². The minimum Gasteiger partial charge on any atom is -0.462 e. The lowest BCUT2D eigenvalue weighted by atomic mass is 9.97. The third-order valence-electron chi connectivity index (χ3n) is 5.46. The van der Waals surface area contributed by atoms with Crippen LogP contribution in [0.3, 0.4) is 0 Å². The van der Waals surface area contributed by atoms with Crippen LogP contribution in [-0.4, -0.2) is 54.3 Å². The first kappa shape index (κ1) is 22.0.